The Morgan fingerprint density at radius 2 is 1.75 bits per heavy atom. The van der Waals surface area contributed by atoms with Gasteiger partial charge in [0, 0.05) is 29.3 Å². The normalized spacial score (nSPS) is 10.7. The Morgan fingerprint density at radius 3 is 2.67 bits per heavy atom. The van der Waals surface area contributed by atoms with Gasteiger partial charge in [0.1, 0.15) is 17.8 Å². The number of aromatic hydroxyl groups is 1. The summed E-state index contributed by atoms with van der Waals surface area (Å²) in [5.41, 5.74) is 2.08. The predicted molar refractivity (Wildman–Crippen MR) is 90.9 cm³/mol. The van der Waals surface area contributed by atoms with E-state index in [4.69, 9.17) is 4.74 Å². The minimum atomic E-state index is 0.164. The summed E-state index contributed by atoms with van der Waals surface area (Å²) in [6.45, 7) is 0. The standard InChI is InChI=1S/C19H13N3O2/c23-18-6-2-1-5-15(18)17-11-19(22-12-21-17)24-14-8-7-13-4-3-9-20-16(13)10-14/h1-12,23H. The molecule has 0 spiro atoms. The highest BCUT2D eigenvalue weighted by molar-refractivity contribution is 5.79. The third kappa shape index (κ3) is 2.75. The predicted octanol–water partition coefficient (Wildman–Crippen LogP) is 4.19. The summed E-state index contributed by atoms with van der Waals surface area (Å²) in [6.07, 6.45) is 3.16. The molecule has 0 fully saturated rings. The molecular weight excluding hydrogens is 302 g/mol. The van der Waals surface area contributed by atoms with E-state index in [1.165, 1.54) is 6.33 Å². The van der Waals surface area contributed by atoms with Gasteiger partial charge in [0.2, 0.25) is 5.88 Å². The van der Waals surface area contributed by atoms with Crippen molar-refractivity contribution in [2.45, 2.75) is 0 Å². The summed E-state index contributed by atoms with van der Waals surface area (Å²) in [7, 11) is 0. The number of pyridine rings is 1. The van der Waals surface area contributed by atoms with Gasteiger partial charge in [0.05, 0.1) is 11.2 Å². The van der Waals surface area contributed by atoms with Crippen LogP contribution in [0.1, 0.15) is 0 Å². The third-order valence-electron chi connectivity index (χ3n) is 3.62. The summed E-state index contributed by atoms with van der Waals surface area (Å²) in [4.78, 5) is 12.6. The van der Waals surface area contributed by atoms with E-state index >= 15 is 0 Å². The fourth-order valence-corrected chi connectivity index (χ4v) is 2.46. The highest BCUT2D eigenvalue weighted by Crippen LogP contribution is 2.30. The number of nitrogens with zero attached hydrogens (tertiary/aromatic N) is 3. The number of phenols is 1. The van der Waals surface area contributed by atoms with Crippen LogP contribution in [0.2, 0.25) is 0 Å². The first-order chi connectivity index (χ1) is 11.8. The van der Waals surface area contributed by atoms with Crippen molar-refractivity contribution in [1.82, 2.24) is 15.0 Å². The molecule has 0 aliphatic heterocycles. The van der Waals surface area contributed by atoms with Gasteiger partial charge in [0.15, 0.2) is 0 Å². The fraction of sp³-hybridized carbons (Fsp3) is 0. The van der Waals surface area contributed by atoms with Crippen LogP contribution < -0.4 is 4.74 Å². The lowest BCUT2D eigenvalue weighted by Crippen LogP contribution is -1.92. The summed E-state index contributed by atoms with van der Waals surface area (Å²) in [6, 6.07) is 18.3. The van der Waals surface area contributed by atoms with Crippen LogP contribution in [0.15, 0.2) is 73.2 Å². The molecule has 2 heterocycles. The highest BCUT2D eigenvalue weighted by Gasteiger charge is 2.08. The van der Waals surface area contributed by atoms with E-state index in [0.717, 1.165) is 10.9 Å². The van der Waals surface area contributed by atoms with Crippen LogP contribution >= 0.6 is 0 Å². The van der Waals surface area contributed by atoms with Gasteiger partial charge >= 0.3 is 0 Å². The third-order valence-corrected chi connectivity index (χ3v) is 3.62. The number of fused-ring (bicyclic) bond motifs is 1. The van der Waals surface area contributed by atoms with Gasteiger partial charge in [-0.05, 0) is 30.3 Å². The number of aromatic nitrogens is 3. The van der Waals surface area contributed by atoms with E-state index in [1.54, 1.807) is 30.5 Å². The minimum Gasteiger partial charge on any atom is -0.507 e. The quantitative estimate of drug-likeness (QED) is 0.614. The van der Waals surface area contributed by atoms with Crippen molar-refractivity contribution >= 4 is 10.9 Å². The topological polar surface area (TPSA) is 68.1 Å². The largest absolute Gasteiger partial charge is 0.507 e. The number of phenolic OH excluding ortho intramolecular Hbond substituents is 1. The molecule has 0 saturated carbocycles. The Morgan fingerprint density at radius 1 is 0.833 bits per heavy atom. The van der Waals surface area contributed by atoms with E-state index in [-0.39, 0.29) is 5.75 Å². The lowest BCUT2D eigenvalue weighted by molar-refractivity contribution is 0.462. The molecule has 24 heavy (non-hydrogen) atoms. The summed E-state index contributed by atoms with van der Waals surface area (Å²) < 4.78 is 5.82. The Bertz CT molecular complexity index is 1020. The van der Waals surface area contributed by atoms with Crippen LogP contribution in [0, 0.1) is 0 Å². The first-order valence-corrected chi connectivity index (χ1v) is 7.43. The van der Waals surface area contributed by atoms with Crippen molar-refractivity contribution in [2.75, 3.05) is 0 Å². The Hall–Kier alpha value is -3.47. The Balaban J connectivity index is 1.67. The van der Waals surface area contributed by atoms with Crippen LogP contribution in [-0.2, 0) is 0 Å². The van der Waals surface area contributed by atoms with Crippen molar-refractivity contribution in [2.24, 2.45) is 0 Å². The lowest BCUT2D eigenvalue weighted by atomic mass is 10.1. The molecule has 0 aliphatic carbocycles. The van der Waals surface area contributed by atoms with Gasteiger partial charge < -0.3 is 9.84 Å². The van der Waals surface area contributed by atoms with E-state index < -0.39 is 0 Å². The zero-order valence-electron chi connectivity index (χ0n) is 12.6. The number of hydrogen-bond donors (Lipinski definition) is 1. The molecule has 0 radical (unpaired) electrons. The van der Waals surface area contributed by atoms with Crippen molar-refractivity contribution in [1.29, 1.82) is 0 Å². The van der Waals surface area contributed by atoms with Gasteiger partial charge in [-0.1, -0.05) is 18.2 Å². The maximum absolute atomic E-state index is 9.95. The van der Waals surface area contributed by atoms with Gasteiger partial charge in [-0.25, -0.2) is 9.97 Å². The van der Waals surface area contributed by atoms with Crippen LogP contribution in [0.25, 0.3) is 22.2 Å². The van der Waals surface area contributed by atoms with Crippen molar-refractivity contribution < 1.29 is 9.84 Å². The lowest BCUT2D eigenvalue weighted by Gasteiger charge is -2.08. The second-order valence-corrected chi connectivity index (χ2v) is 5.22. The molecule has 5 nitrogen and oxygen atoms in total. The van der Waals surface area contributed by atoms with E-state index in [9.17, 15) is 5.11 Å². The highest BCUT2D eigenvalue weighted by atomic mass is 16.5. The Labute approximate surface area is 138 Å². The summed E-state index contributed by atoms with van der Waals surface area (Å²) in [5.74, 6) is 1.21. The molecule has 0 aliphatic rings. The fourth-order valence-electron chi connectivity index (χ4n) is 2.46. The average Bonchev–Trinajstić information content (AvgIpc) is 2.62. The van der Waals surface area contributed by atoms with Gasteiger partial charge in [-0.3, -0.25) is 4.98 Å². The molecule has 1 N–H and O–H groups in total. The SMILES string of the molecule is Oc1ccccc1-c1cc(Oc2ccc3cccnc3c2)ncn1. The van der Waals surface area contributed by atoms with E-state index in [1.807, 2.05) is 36.4 Å². The van der Waals surface area contributed by atoms with Crippen LogP contribution in [-0.4, -0.2) is 20.1 Å². The maximum atomic E-state index is 9.95. The van der Waals surface area contributed by atoms with Crippen molar-refractivity contribution in [3.8, 4) is 28.6 Å². The van der Waals surface area contributed by atoms with Crippen LogP contribution in [0.4, 0.5) is 0 Å². The minimum absolute atomic E-state index is 0.164. The molecule has 0 atom stereocenters. The molecule has 0 bridgehead atoms. The van der Waals surface area contributed by atoms with Gasteiger partial charge in [0.25, 0.3) is 0 Å². The molecule has 0 amide bonds. The monoisotopic (exact) mass is 315 g/mol. The number of ether oxygens (including phenoxy) is 1. The van der Waals surface area contributed by atoms with Gasteiger partial charge in [-0.2, -0.15) is 0 Å². The molecule has 116 valence electrons. The number of hydrogen-bond acceptors (Lipinski definition) is 5. The zero-order chi connectivity index (χ0) is 16.4. The number of rotatable bonds is 3. The molecule has 4 rings (SSSR count). The van der Waals surface area contributed by atoms with E-state index in [0.29, 0.717) is 22.9 Å². The first kappa shape index (κ1) is 14.1. The summed E-state index contributed by atoms with van der Waals surface area (Å²) >= 11 is 0. The number of para-hydroxylation sites is 1. The molecule has 0 unspecified atom stereocenters. The second-order valence-electron chi connectivity index (χ2n) is 5.22. The van der Waals surface area contributed by atoms with Gasteiger partial charge in [-0.15, -0.1) is 0 Å². The van der Waals surface area contributed by atoms with E-state index in [2.05, 4.69) is 15.0 Å². The van der Waals surface area contributed by atoms with Crippen molar-refractivity contribution in [3.05, 3.63) is 73.2 Å². The zero-order valence-corrected chi connectivity index (χ0v) is 12.6. The second kappa shape index (κ2) is 5.96. The molecular formula is C19H13N3O2. The molecule has 4 aromatic rings. The summed E-state index contributed by atoms with van der Waals surface area (Å²) in [5, 5.41) is 11.0. The number of benzene rings is 2. The molecule has 2 aromatic heterocycles. The molecule has 2 aromatic carbocycles. The molecule has 0 saturated heterocycles. The Kier molecular flexibility index (Phi) is 3.51. The maximum Gasteiger partial charge on any atom is 0.222 e. The molecule has 5 heteroatoms. The first-order valence-electron chi connectivity index (χ1n) is 7.43. The smallest absolute Gasteiger partial charge is 0.222 e. The van der Waals surface area contributed by atoms with Crippen LogP contribution in [0.5, 0.6) is 17.4 Å². The van der Waals surface area contributed by atoms with Crippen molar-refractivity contribution in [3.63, 3.8) is 0 Å². The average molecular weight is 315 g/mol. The van der Waals surface area contributed by atoms with Crippen LogP contribution in [0.3, 0.4) is 0 Å².